The molecule has 0 radical (unpaired) electrons. The number of hydrogen-bond donors (Lipinski definition) is 3. The molecule has 1 heterocycles. The molecular formula is C6H10N4O2. The van der Waals surface area contributed by atoms with Crippen LogP contribution in [0.2, 0.25) is 0 Å². The lowest BCUT2D eigenvalue weighted by Crippen LogP contribution is -2.09. The molecular weight excluding hydrogens is 160 g/mol. The third kappa shape index (κ3) is 1.66. The van der Waals surface area contributed by atoms with Gasteiger partial charge in [-0.05, 0) is 0 Å². The van der Waals surface area contributed by atoms with Crippen molar-refractivity contribution in [3.05, 3.63) is 6.20 Å². The lowest BCUT2D eigenvalue weighted by molar-refractivity contribution is -0.137. The summed E-state index contributed by atoms with van der Waals surface area (Å²) in [5.74, 6) is -0.570. The summed E-state index contributed by atoms with van der Waals surface area (Å²) >= 11 is 0. The van der Waals surface area contributed by atoms with Gasteiger partial charge >= 0.3 is 5.97 Å². The molecule has 0 saturated carbocycles. The highest BCUT2D eigenvalue weighted by Crippen LogP contribution is 2.12. The Hall–Kier alpha value is -1.72. The summed E-state index contributed by atoms with van der Waals surface area (Å²) in [5, 5.41) is 12.1. The first-order chi connectivity index (χ1) is 5.61. The van der Waals surface area contributed by atoms with Gasteiger partial charge in [-0.3, -0.25) is 4.79 Å². The second-order valence-corrected chi connectivity index (χ2v) is 2.35. The molecule has 0 saturated heterocycles. The van der Waals surface area contributed by atoms with E-state index in [9.17, 15) is 4.79 Å². The molecule has 0 atom stereocenters. The van der Waals surface area contributed by atoms with Crippen LogP contribution in [0.3, 0.4) is 0 Å². The Morgan fingerprint density at radius 2 is 2.33 bits per heavy atom. The summed E-state index contributed by atoms with van der Waals surface area (Å²) in [4.78, 5) is 10.2. The number of nitrogen functional groups attached to an aromatic ring is 2. The standard InChI is InChI=1S/C6H10N4O2/c7-4-3-9-10(6(4)8)2-1-5(11)12/h3H,1-2,7-8H2,(H,11,12). The van der Waals surface area contributed by atoms with Crippen molar-refractivity contribution in [1.82, 2.24) is 9.78 Å². The van der Waals surface area contributed by atoms with Crippen LogP contribution in [-0.4, -0.2) is 20.9 Å². The fraction of sp³-hybridized carbons (Fsp3) is 0.333. The van der Waals surface area contributed by atoms with Crippen LogP contribution in [0.4, 0.5) is 11.5 Å². The van der Waals surface area contributed by atoms with Gasteiger partial charge in [-0.15, -0.1) is 0 Å². The van der Waals surface area contributed by atoms with E-state index in [1.807, 2.05) is 0 Å². The normalized spacial score (nSPS) is 10.0. The zero-order valence-electron chi connectivity index (χ0n) is 6.40. The van der Waals surface area contributed by atoms with Gasteiger partial charge < -0.3 is 16.6 Å². The topological polar surface area (TPSA) is 107 Å². The molecule has 0 unspecified atom stereocenters. The van der Waals surface area contributed by atoms with Gasteiger partial charge in [0.15, 0.2) is 0 Å². The van der Waals surface area contributed by atoms with Crippen LogP contribution >= 0.6 is 0 Å². The summed E-state index contributed by atoms with van der Waals surface area (Å²) in [6.45, 7) is 0.248. The van der Waals surface area contributed by atoms with Crippen LogP contribution in [0.5, 0.6) is 0 Å². The van der Waals surface area contributed by atoms with Gasteiger partial charge in [0.2, 0.25) is 0 Å². The third-order valence-corrected chi connectivity index (χ3v) is 1.45. The Labute approximate surface area is 68.8 Å². The number of aryl methyl sites for hydroxylation is 1. The first-order valence-electron chi connectivity index (χ1n) is 3.40. The quantitative estimate of drug-likeness (QED) is 0.568. The molecule has 0 aliphatic heterocycles. The molecule has 66 valence electrons. The number of aromatic nitrogens is 2. The lowest BCUT2D eigenvalue weighted by Gasteiger charge is -2.00. The summed E-state index contributed by atoms with van der Waals surface area (Å²) < 4.78 is 1.36. The lowest BCUT2D eigenvalue weighted by atomic mass is 10.4. The second-order valence-electron chi connectivity index (χ2n) is 2.35. The van der Waals surface area contributed by atoms with E-state index in [1.54, 1.807) is 0 Å². The van der Waals surface area contributed by atoms with Crippen LogP contribution in [0.25, 0.3) is 0 Å². The number of anilines is 2. The van der Waals surface area contributed by atoms with Crippen LogP contribution in [0, 0.1) is 0 Å². The van der Waals surface area contributed by atoms with Gasteiger partial charge in [0.1, 0.15) is 5.82 Å². The van der Waals surface area contributed by atoms with E-state index < -0.39 is 5.97 Å². The maximum atomic E-state index is 10.2. The summed E-state index contributed by atoms with van der Waals surface area (Å²) in [6.07, 6.45) is 1.39. The van der Waals surface area contributed by atoms with E-state index in [0.717, 1.165) is 0 Å². The van der Waals surface area contributed by atoms with E-state index in [0.29, 0.717) is 11.5 Å². The largest absolute Gasteiger partial charge is 0.481 e. The molecule has 6 heteroatoms. The molecule has 1 aromatic heterocycles. The molecule has 1 aromatic rings. The second kappa shape index (κ2) is 3.12. The number of nitrogens with two attached hydrogens (primary N) is 2. The first kappa shape index (κ1) is 8.38. The van der Waals surface area contributed by atoms with Crippen LogP contribution in [0.15, 0.2) is 6.20 Å². The Balaban J connectivity index is 2.63. The zero-order chi connectivity index (χ0) is 9.14. The maximum Gasteiger partial charge on any atom is 0.305 e. The van der Waals surface area contributed by atoms with Crippen LogP contribution in [0.1, 0.15) is 6.42 Å². The Morgan fingerprint density at radius 3 is 2.75 bits per heavy atom. The Kier molecular flexibility index (Phi) is 2.18. The number of rotatable bonds is 3. The Morgan fingerprint density at radius 1 is 1.67 bits per heavy atom. The molecule has 0 amide bonds. The van der Waals surface area contributed by atoms with Crippen LogP contribution in [-0.2, 0) is 11.3 Å². The highest BCUT2D eigenvalue weighted by atomic mass is 16.4. The van der Waals surface area contributed by atoms with Gasteiger partial charge in [0, 0.05) is 0 Å². The minimum Gasteiger partial charge on any atom is -0.481 e. The number of hydrogen-bond acceptors (Lipinski definition) is 4. The van der Waals surface area contributed by atoms with Crippen molar-refractivity contribution in [2.45, 2.75) is 13.0 Å². The van der Waals surface area contributed by atoms with Crippen molar-refractivity contribution < 1.29 is 9.90 Å². The van der Waals surface area contributed by atoms with Crippen molar-refractivity contribution in [3.63, 3.8) is 0 Å². The fourth-order valence-corrected chi connectivity index (χ4v) is 0.789. The maximum absolute atomic E-state index is 10.2. The van der Waals surface area contributed by atoms with Gasteiger partial charge in [0.25, 0.3) is 0 Å². The zero-order valence-corrected chi connectivity index (χ0v) is 6.40. The number of carboxylic acid groups (broad SMARTS) is 1. The summed E-state index contributed by atoms with van der Waals surface area (Å²) in [6, 6.07) is 0. The highest BCUT2D eigenvalue weighted by Gasteiger charge is 2.04. The average Bonchev–Trinajstić information content (AvgIpc) is 2.30. The third-order valence-electron chi connectivity index (χ3n) is 1.45. The smallest absolute Gasteiger partial charge is 0.305 e. The SMILES string of the molecule is Nc1cnn(CCC(=O)O)c1N. The summed E-state index contributed by atoms with van der Waals surface area (Å²) in [7, 11) is 0. The number of nitrogens with zero attached hydrogens (tertiary/aromatic N) is 2. The van der Waals surface area contributed by atoms with Crippen molar-refractivity contribution in [2.24, 2.45) is 0 Å². The Bertz CT molecular complexity index is 294. The number of aliphatic carboxylic acids is 1. The number of carbonyl (C=O) groups is 1. The van der Waals surface area contributed by atoms with E-state index in [1.165, 1.54) is 10.9 Å². The molecule has 0 aromatic carbocycles. The van der Waals surface area contributed by atoms with E-state index in [4.69, 9.17) is 16.6 Å². The fourth-order valence-electron chi connectivity index (χ4n) is 0.789. The van der Waals surface area contributed by atoms with Gasteiger partial charge in [-0.1, -0.05) is 0 Å². The predicted octanol–water partition coefficient (Wildman–Crippen LogP) is -0.478. The molecule has 1 rings (SSSR count). The van der Waals surface area contributed by atoms with E-state index in [2.05, 4.69) is 5.10 Å². The number of carboxylic acids is 1. The molecule has 12 heavy (non-hydrogen) atoms. The minimum absolute atomic E-state index is 0.00861. The van der Waals surface area contributed by atoms with Crippen molar-refractivity contribution in [1.29, 1.82) is 0 Å². The molecule has 0 spiro atoms. The van der Waals surface area contributed by atoms with Crippen molar-refractivity contribution in [3.8, 4) is 0 Å². The van der Waals surface area contributed by atoms with E-state index >= 15 is 0 Å². The van der Waals surface area contributed by atoms with Gasteiger partial charge in [0.05, 0.1) is 24.8 Å². The first-order valence-corrected chi connectivity index (χ1v) is 3.40. The minimum atomic E-state index is -0.886. The molecule has 0 aliphatic rings. The average molecular weight is 170 g/mol. The highest BCUT2D eigenvalue weighted by molar-refractivity contribution is 5.66. The van der Waals surface area contributed by atoms with Crippen molar-refractivity contribution >= 4 is 17.5 Å². The monoisotopic (exact) mass is 170 g/mol. The van der Waals surface area contributed by atoms with Gasteiger partial charge in [-0.2, -0.15) is 5.10 Å². The summed E-state index contributed by atoms with van der Waals surface area (Å²) in [5.41, 5.74) is 11.2. The van der Waals surface area contributed by atoms with Crippen LogP contribution < -0.4 is 11.5 Å². The predicted molar refractivity (Wildman–Crippen MR) is 43.3 cm³/mol. The molecule has 0 bridgehead atoms. The molecule has 5 N–H and O–H groups in total. The molecule has 6 nitrogen and oxygen atoms in total. The van der Waals surface area contributed by atoms with Crippen molar-refractivity contribution in [2.75, 3.05) is 11.5 Å². The molecule has 0 fully saturated rings. The van der Waals surface area contributed by atoms with Gasteiger partial charge in [-0.25, -0.2) is 4.68 Å². The molecule has 0 aliphatic carbocycles. The van der Waals surface area contributed by atoms with E-state index in [-0.39, 0.29) is 13.0 Å².